The largest absolute Gasteiger partial charge is 0.355 e. The molecule has 0 aliphatic heterocycles. The Morgan fingerprint density at radius 2 is 0.478 bits per heavy atom. The van der Waals surface area contributed by atoms with Crippen LogP contribution in [0.3, 0.4) is 0 Å². The predicted octanol–water partition coefficient (Wildman–Crippen LogP) is 16.7. The van der Waals surface area contributed by atoms with E-state index in [1.54, 1.807) is 0 Å². The molecule has 0 radical (unpaired) electrons. The van der Waals surface area contributed by atoms with Crippen LogP contribution < -0.4 is 16.0 Å². The summed E-state index contributed by atoms with van der Waals surface area (Å²) in [6, 6.07) is 0. The molecular weight excluding hydrogens is 825 g/mol. The molecule has 0 rings (SSSR count). The number of unbranched alkanes of at least 4 members (excludes halogenated alkanes) is 33. The minimum atomic E-state index is 0.124. The van der Waals surface area contributed by atoms with Crippen molar-refractivity contribution >= 4 is 17.7 Å². The molecule has 7 nitrogen and oxygen atoms in total. The summed E-state index contributed by atoms with van der Waals surface area (Å²) in [7, 11) is 0. The minimum Gasteiger partial charge on any atom is -0.355 e. The molecule has 0 spiro atoms. The second kappa shape index (κ2) is 56.2. The van der Waals surface area contributed by atoms with Gasteiger partial charge in [0.1, 0.15) is 0 Å². The summed E-state index contributed by atoms with van der Waals surface area (Å²) in [6.45, 7) is 10.7. The highest BCUT2D eigenvalue weighted by molar-refractivity contribution is 5.76. The van der Waals surface area contributed by atoms with E-state index in [9.17, 15) is 14.4 Å². The molecule has 0 aliphatic rings. The number of rotatable bonds is 54. The molecule has 0 aromatic heterocycles. The first-order valence-electron chi connectivity index (χ1n) is 29.5. The Labute approximate surface area is 417 Å². The van der Waals surface area contributed by atoms with Crippen LogP contribution in [0.25, 0.3) is 0 Å². The van der Waals surface area contributed by atoms with Crippen molar-refractivity contribution in [3.63, 3.8) is 0 Å². The summed E-state index contributed by atoms with van der Waals surface area (Å²) < 4.78 is 0. The third-order valence-electron chi connectivity index (χ3n) is 13.2. The molecule has 0 aromatic carbocycles. The van der Waals surface area contributed by atoms with Crippen molar-refractivity contribution in [2.45, 2.75) is 290 Å². The van der Waals surface area contributed by atoms with Gasteiger partial charge in [0.2, 0.25) is 17.7 Å². The third-order valence-corrected chi connectivity index (χ3v) is 13.2. The maximum absolute atomic E-state index is 12.7. The maximum Gasteiger partial charge on any atom is 0.220 e. The number of hydrogen-bond acceptors (Lipinski definition) is 4. The van der Waals surface area contributed by atoms with E-state index >= 15 is 0 Å². The van der Waals surface area contributed by atoms with Crippen molar-refractivity contribution in [2.75, 3.05) is 39.3 Å². The zero-order chi connectivity index (χ0) is 48.6. The van der Waals surface area contributed by atoms with E-state index in [1.807, 2.05) is 0 Å². The first-order valence-corrected chi connectivity index (χ1v) is 29.5. The SMILES string of the molecule is CCCCCCCC/C=C\CCCCCCCC(=O)NCCN(CCNC(=O)CCCCCCC/C=C\CCCCCCCC)CCNC(=O)CCCCCCC/C=C\CCCCCCCC. The van der Waals surface area contributed by atoms with Gasteiger partial charge in [0, 0.05) is 58.5 Å². The van der Waals surface area contributed by atoms with Gasteiger partial charge in [0.25, 0.3) is 0 Å². The smallest absolute Gasteiger partial charge is 0.220 e. The maximum atomic E-state index is 12.7. The highest BCUT2D eigenvalue weighted by Gasteiger charge is 2.10. The molecule has 0 aliphatic carbocycles. The van der Waals surface area contributed by atoms with Crippen LogP contribution >= 0.6 is 0 Å². The predicted molar refractivity (Wildman–Crippen MR) is 294 cm³/mol. The number of allylic oxidation sites excluding steroid dienone is 6. The molecule has 7 heteroatoms. The fraction of sp³-hybridized carbons (Fsp3) is 0.850. The van der Waals surface area contributed by atoms with Gasteiger partial charge >= 0.3 is 0 Å². The Balaban J connectivity index is 4.35. The zero-order valence-electron chi connectivity index (χ0n) is 45.1. The van der Waals surface area contributed by atoms with Gasteiger partial charge < -0.3 is 16.0 Å². The molecule has 392 valence electrons. The Hall–Kier alpha value is -2.41. The average Bonchev–Trinajstić information content (AvgIpc) is 3.32. The van der Waals surface area contributed by atoms with Crippen molar-refractivity contribution in [2.24, 2.45) is 0 Å². The van der Waals surface area contributed by atoms with Crippen molar-refractivity contribution in [1.82, 2.24) is 20.9 Å². The van der Waals surface area contributed by atoms with Gasteiger partial charge in [-0.05, 0) is 96.3 Å². The summed E-state index contributed by atoms with van der Waals surface area (Å²) in [5.41, 5.74) is 0. The Kier molecular flexibility index (Phi) is 54.2. The number of carbonyl (C=O) groups is 3. The second-order valence-corrected chi connectivity index (χ2v) is 19.9. The van der Waals surface area contributed by atoms with Crippen LogP contribution in [0.4, 0.5) is 0 Å². The highest BCUT2D eigenvalue weighted by atomic mass is 16.2. The van der Waals surface area contributed by atoms with Gasteiger partial charge in [0.05, 0.1) is 0 Å². The van der Waals surface area contributed by atoms with Crippen molar-refractivity contribution in [3.8, 4) is 0 Å². The van der Waals surface area contributed by atoms with Crippen LogP contribution in [0.2, 0.25) is 0 Å². The van der Waals surface area contributed by atoms with Gasteiger partial charge in [-0.25, -0.2) is 0 Å². The number of nitrogens with one attached hydrogen (secondary N) is 3. The molecule has 0 atom stereocenters. The van der Waals surface area contributed by atoms with E-state index in [0.717, 1.165) is 38.5 Å². The summed E-state index contributed by atoms with van der Waals surface area (Å²) in [6.07, 6.45) is 64.8. The molecule has 0 saturated heterocycles. The van der Waals surface area contributed by atoms with Crippen LogP contribution in [0.5, 0.6) is 0 Å². The topological polar surface area (TPSA) is 90.5 Å². The fourth-order valence-corrected chi connectivity index (χ4v) is 8.73. The monoisotopic (exact) mass is 939 g/mol. The summed E-state index contributed by atoms with van der Waals surface area (Å²) >= 11 is 0. The molecule has 3 N–H and O–H groups in total. The van der Waals surface area contributed by atoms with Gasteiger partial charge in [-0.1, -0.05) is 211 Å². The molecule has 0 saturated carbocycles. The van der Waals surface area contributed by atoms with E-state index in [1.165, 1.54) is 212 Å². The standard InChI is InChI=1S/C60H114N4O3/c1-4-7-10-13-16-19-22-25-28-31-34-37-40-43-46-49-58(65)61-52-55-64(56-53-62-59(66)50-47-44-41-38-35-32-29-26-23-20-17-14-11-8-5-2)57-54-63-60(67)51-48-45-42-39-36-33-30-27-24-21-18-15-12-9-6-3/h25-30H,4-24,31-57H2,1-3H3,(H,61,65)(H,62,66)(H,63,67)/b28-25-,29-26-,30-27-. The number of amides is 3. The molecule has 0 unspecified atom stereocenters. The molecular formula is C60H114N4O3. The molecule has 0 bridgehead atoms. The Bertz CT molecular complexity index is 998. The van der Waals surface area contributed by atoms with E-state index in [2.05, 4.69) is 78.1 Å². The van der Waals surface area contributed by atoms with Gasteiger partial charge in [-0.3, -0.25) is 19.3 Å². The van der Waals surface area contributed by atoms with E-state index in [0.29, 0.717) is 58.5 Å². The lowest BCUT2D eigenvalue weighted by atomic mass is 10.1. The molecule has 3 amide bonds. The normalized spacial score (nSPS) is 11.8. The van der Waals surface area contributed by atoms with Crippen molar-refractivity contribution in [1.29, 1.82) is 0 Å². The van der Waals surface area contributed by atoms with Crippen molar-refractivity contribution in [3.05, 3.63) is 36.5 Å². The fourth-order valence-electron chi connectivity index (χ4n) is 8.73. The summed E-state index contributed by atoms with van der Waals surface area (Å²) in [5.74, 6) is 0.373. The lowest BCUT2D eigenvalue weighted by Gasteiger charge is -2.23. The van der Waals surface area contributed by atoms with Crippen LogP contribution in [0.1, 0.15) is 290 Å². The Morgan fingerprint density at radius 1 is 0.284 bits per heavy atom. The average molecular weight is 940 g/mol. The molecule has 0 fully saturated rings. The van der Waals surface area contributed by atoms with Gasteiger partial charge in [-0.2, -0.15) is 0 Å². The number of nitrogens with zero attached hydrogens (tertiary/aromatic N) is 1. The highest BCUT2D eigenvalue weighted by Crippen LogP contribution is 2.13. The molecule has 0 aromatic rings. The van der Waals surface area contributed by atoms with E-state index in [-0.39, 0.29) is 17.7 Å². The van der Waals surface area contributed by atoms with Crippen molar-refractivity contribution < 1.29 is 14.4 Å². The Morgan fingerprint density at radius 3 is 0.701 bits per heavy atom. The van der Waals surface area contributed by atoms with Crippen LogP contribution in [0.15, 0.2) is 36.5 Å². The summed E-state index contributed by atoms with van der Waals surface area (Å²) in [4.78, 5) is 40.3. The van der Waals surface area contributed by atoms with Crippen LogP contribution in [-0.4, -0.2) is 61.9 Å². The van der Waals surface area contributed by atoms with Gasteiger partial charge in [0.15, 0.2) is 0 Å². The lowest BCUT2D eigenvalue weighted by Crippen LogP contribution is -2.43. The van der Waals surface area contributed by atoms with E-state index in [4.69, 9.17) is 0 Å². The third kappa shape index (κ3) is 54.4. The van der Waals surface area contributed by atoms with E-state index < -0.39 is 0 Å². The summed E-state index contributed by atoms with van der Waals surface area (Å²) in [5, 5.41) is 9.40. The van der Waals surface area contributed by atoms with Gasteiger partial charge in [-0.15, -0.1) is 0 Å². The minimum absolute atomic E-state index is 0.124. The molecule has 0 heterocycles. The lowest BCUT2D eigenvalue weighted by molar-refractivity contribution is -0.121. The first-order chi connectivity index (χ1) is 33.0. The number of hydrogen-bond donors (Lipinski definition) is 3. The quantitative estimate of drug-likeness (QED) is 0.0419. The van der Waals surface area contributed by atoms with Crippen LogP contribution in [0, 0.1) is 0 Å². The molecule has 67 heavy (non-hydrogen) atoms. The number of carbonyl (C=O) groups excluding carboxylic acids is 3. The van der Waals surface area contributed by atoms with Crippen LogP contribution in [-0.2, 0) is 14.4 Å². The zero-order valence-corrected chi connectivity index (χ0v) is 45.1. The second-order valence-electron chi connectivity index (χ2n) is 19.9. The first kappa shape index (κ1) is 64.6.